The van der Waals surface area contributed by atoms with Gasteiger partial charge in [0, 0.05) is 0 Å². The van der Waals surface area contributed by atoms with Gasteiger partial charge < -0.3 is 4.74 Å². The topological polar surface area (TPSA) is 46.6 Å². The van der Waals surface area contributed by atoms with Gasteiger partial charge in [-0.2, -0.15) is 0 Å². The Morgan fingerprint density at radius 3 is 2.08 bits per heavy atom. The number of carbonyl (C=O) groups is 2. The van der Waals surface area contributed by atoms with Crippen molar-refractivity contribution in [3.8, 4) is 11.5 Å². The monoisotopic (exact) mass is 347 g/mol. The lowest BCUT2D eigenvalue weighted by Crippen LogP contribution is -2.29. The van der Waals surface area contributed by atoms with E-state index in [4.69, 9.17) is 4.74 Å². The van der Waals surface area contributed by atoms with Gasteiger partial charge in [0.05, 0.1) is 17.7 Å². The van der Waals surface area contributed by atoms with E-state index < -0.39 is 5.82 Å². The Kier molecular flexibility index (Phi) is 3.97. The first kappa shape index (κ1) is 16.0. The van der Waals surface area contributed by atoms with Crippen molar-refractivity contribution in [3.63, 3.8) is 0 Å². The van der Waals surface area contributed by atoms with Crippen molar-refractivity contribution in [1.82, 2.24) is 4.90 Å². The fourth-order valence-electron chi connectivity index (χ4n) is 2.91. The van der Waals surface area contributed by atoms with Crippen LogP contribution in [0.5, 0.6) is 11.5 Å². The fourth-order valence-corrected chi connectivity index (χ4v) is 2.91. The van der Waals surface area contributed by atoms with Crippen molar-refractivity contribution < 1.29 is 18.7 Å². The number of rotatable bonds is 4. The molecule has 5 heteroatoms. The summed E-state index contributed by atoms with van der Waals surface area (Å²) in [6, 6.07) is 19.9. The van der Waals surface area contributed by atoms with E-state index in [0.29, 0.717) is 22.4 Å². The number of para-hydroxylation sites is 1. The number of nitrogens with zero attached hydrogens (tertiary/aromatic N) is 1. The van der Waals surface area contributed by atoms with E-state index in [1.165, 1.54) is 18.2 Å². The molecule has 0 spiro atoms. The molecule has 4 rings (SSSR count). The molecule has 0 aliphatic carbocycles. The highest BCUT2D eigenvalue weighted by Crippen LogP contribution is 2.28. The Balaban J connectivity index is 1.59. The van der Waals surface area contributed by atoms with Crippen LogP contribution in [-0.4, -0.2) is 16.7 Å². The van der Waals surface area contributed by atoms with E-state index in [2.05, 4.69) is 0 Å². The molecule has 0 saturated carbocycles. The maximum Gasteiger partial charge on any atom is 0.261 e. The third-order valence-electron chi connectivity index (χ3n) is 4.19. The maximum absolute atomic E-state index is 14.1. The Labute approximate surface area is 149 Å². The van der Waals surface area contributed by atoms with E-state index >= 15 is 0 Å². The van der Waals surface area contributed by atoms with E-state index in [1.807, 2.05) is 6.07 Å². The highest BCUT2D eigenvalue weighted by molar-refractivity contribution is 6.21. The highest BCUT2D eigenvalue weighted by Gasteiger charge is 2.35. The van der Waals surface area contributed by atoms with Crippen LogP contribution in [0, 0.1) is 5.82 Å². The number of carbonyl (C=O) groups excluding carboxylic acids is 2. The molecule has 1 aliphatic rings. The molecule has 0 saturated heterocycles. The van der Waals surface area contributed by atoms with Gasteiger partial charge in [0.15, 0.2) is 11.6 Å². The summed E-state index contributed by atoms with van der Waals surface area (Å²) in [6.45, 7) is 0.0533. The van der Waals surface area contributed by atoms with Crippen LogP contribution < -0.4 is 4.74 Å². The van der Waals surface area contributed by atoms with Crippen LogP contribution in [0.1, 0.15) is 26.3 Å². The molecule has 4 nitrogen and oxygen atoms in total. The fraction of sp³-hybridized carbons (Fsp3) is 0.0476. The van der Waals surface area contributed by atoms with Crippen LogP contribution in [0.4, 0.5) is 4.39 Å². The number of fused-ring (bicyclic) bond motifs is 1. The van der Waals surface area contributed by atoms with Gasteiger partial charge in [-0.3, -0.25) is 14.5 Å². The van der Waals surface area contributed by atoms with Crippen LogP contribution in [0.15, 0.2) is 72.8 Å². The second kappa shape index (κ2) is 6.44. The molecule has 26 heavy (non-hydrogen) atoms. The number of halogens is 1. The number of hydrogen-bond acceptors (Lipinski definition) is 3. The molecule has 0 bridgehead atoms. The third kappa shape index (κ3) is 2.84. The smallest absolute Gasteiger partial charge is 0.261 e. The third-order valence-corrected chi connectivity index (χ3v) is 4.19. The van der Waals surface area contributed by atoms with E-state index in [0.717, 1.165) is 4.90 Å². The van der Waals surface area contributed by atoms with Crippen molar-refractivity contribution in [2.45, 2.75) is 6.54 Å². The summed E-state index contributed by atoms with van der Waals surface area (Å²) in [4.78, 5) is 26.1. The Morgan fingerprint density at radius 2 is 1.42 bits per heavy atom. The van der Waals surface area contributed by atoms with Crippen LogP contribution >= 0.6 is 0 Å². The van der Waals surface area contributed by atoms with Gasteiger partial charge in [0.25, 0.3) is 11.8 Å². The standard InChI is InChI=1S/C21H14FNO3/c22-18-11-10-14(12-19(18)26-15-6-2-1-3-7-15)13-23-20(24)16-8-4-5-9-17(16)21(23)25/h1-12H,13H2. The molecule has 0 aromatic heterocycles. The van der Waals surface area contributed by atoms with Crippen LogP contribution in [0.25, 0.3) is 0 Å². The molecule has 1 heterocycles. The van der Waals surface area contributed by atoms with E-state index in [9.17, 15) is 14.0 Å². The Hall–Kier alpha value is -3.47. The molecule has 0 atom stereocenters. The number of ether oxygens (including phenoxy) is 1. The normalized spacial score (nSPS) is 13.0. The Morgan fingerprint density at radius 1 is 0.808 bits per heavy atom. The van der Waals surface area contributed by atoms with Crippen LogP contribution in [0.3, 0.4) is 0 Å². The van der Waals surface area contributed by atoms with E-state index in [1.54, 1.807) is 48.5 Å². The molecule has 0 unspecified atom stereocenters. The summed E-state index contributed by atoms with van der Waals surface area (Å²) >= 11 is 0. The number of hydrogen-bond donors (Lipinski definition) is 0. The summed E-state index contributed by atoms with van der Waals surface area (Å²) in [5.74, 6) is -0.657. The molecule has 128 valence electrons. The lowest BCUT2D eigenvalue weighted by molar-refractivity contribution is 0.0642. The maximum atomic E-state index is 14.1. The average molecular weight is 347 g/mol. The molecule has 1 aliphatic heterocycles. The van der Waals surface area contributed by atoms with Crippen molar-refractivity contribution in [2.75, 3.05) is 0 Å². The number of amides is 2. The lowest BCUT2D eigenvalue weighted by atomic mass is 10.1. The lowest BCUT2D eigenvalue weighted by Gasteiger charge is -2.15. The van der Waals surface area contributed by atoms with Crippen LogP contribution in [-0.2, 0) is 6.54 Å². The SMILES string of the molecule is O=C1c2ccccc2C(=O)N1Cc1ccc(F)c(Oc2ccccc2)c1. The zero-order chi connectivity index (χ0) is 18.1. The minimum absolute atomic E-state index is 0.0466. The van der Waals surface area contributed by atoms with Gasteiger partial charge in [0.2, 0.25) is 0 Å². The van der Waals surface area contributed by atoms with Crippen LogP contribution in [0.2, 0.25) is 0 Å². The highest BCUT2D eigenvalue weighted by atomic mass is 19.1. The molecule has 3 aromatic rings. The minimum atomic E-state index is -0.514. The van der Waals surface area contributed by atoms with Crippen molar-refractivity contribution in [2.24, 2.45) is 0 Å². The summed E-state index contributed by atoms with van der Waals surface area (Å²) in [6.07, 6.45) is 0. The second-order valence-electron chi connectivity index (χ2n) is 5.92. The van der Waals surface area contributed by atoms with Gasteiger partial charge in [-0.1, -0.05) is 36.4 Å². The first-order chi connectivity index (χ1) is 12.6. The quantitative estimate of drug-likeness (QED) is 0.657. The first-order valence-corrected chi connectivity index (χ1v) is 8.10. The molecular weight excluding hydrogens is 333 g/mol. The van der Waals surface area contributed by atoms with Crippen molar-refractivity contribution >= 4 is 11.8 Å². The zero-order valence-electron chi connectivity index (χ0n) is 13.7. The second-order valence-corrected chi connectivity index (χ2v) is 5.92. The Bertz CT molecular complexity index is 966. The molecule has 0 fully saturated rings. The minimum Gasteiger partial charge on any atom is -0.454 e. The van der Waals surface area contributed by atoms with Crippen molar-refractivity contribution in [1.29, 1.82) is 0 Å². The van der Waals surface area contributed by atoms with E-state index in [-0.39, 0.29) is 24.1 Å². The molecule has 2 amide bonds. The van der Waals surface area contributed by atoms with Gasteiger partial charge in [-0.05, 0) is 42.0 Å². The molecule has 0 radical (unpaired) electrons. The van der Waals surface area contributed by atoms with Gasteiger partial charge in [-0.25, -0.2) is 4.39 Å². The molecule has 0 N–H and O–H groups in total. The summed E-state index contributed by atoms with van der Waals surface area (Å²) < 4.78 is 19.6. The average Bonchev–Trinajstić information content (AvgIpc) is 2.90. The van der Waals surface area contributed by atoms with Gasteiger partial charge in [0.1, 0.15) is 5.75 Å². The van der Waals surface area contributed by atoms with Gasteiger partial charge >= 0.3 is 0 Å². The van der Waals surface area contributed by atoms with Gasteiger partial charge in [-0.15, -0.1) is 0 Å². The molecule has 3 aromatic carbocycles. The summed E-state index contributed by atoms with van der Waals surface area (Å²) in [5.41, 5.74) is 1.38. The largest absolute Gasteiger partial charge is 0.454 e. The predicted molar refractivity (Wildman–Crippen MR) is 93.6 cm³/mol. The zero-order valence-corrected chi connectivity index (χ0v) is 13.7. The summed E-state index contributed by atoms with van der Waals surface area (Å²) in [5, 5.41) is 0. The number of imide groups is 1. The number of benzene rings is 3. The van der Waals surface area contributed by atoms with Crippen molar-refractivity contribution in [3.05, 3.63) is 95.3 Å². The molecular formula is C21H14FNO3. The first-order valence-electron chi connectivity index (χ1n) is 8.10. The summed E-state index contributed by atoms with van der Waals surface area (Å²) in [7, 11) is 0. The predicted octanol–water partition coefficient (Wildman–Crippen LogP) is 4.41.